The van der Waals surface area contributed by atoms with Crippen molar-refractivity contribution in [2.75, 3.05) is 0 Å². The van der Waals surface area contributed by atoms with Gasteiger partial charge in [-0.1, -0.05) is 56.3 Å². The van der Waals surface area contributed by atoms with Crippen LogP contribution in [0.1, 0.15) is 42.0 Å². The summed E-state index contributed by atoms with van der Waals surface area (Å²) in [6.45, 7) is 9.10. The molecule has 2 aromatic carbocycles. The number of fused-ring (bicyclic) bond motifs is 1. The molecule has 0 radical (unpaired) electrons. The van der Waals surface area contributed by atoms with Crippen molar-refractivity contribution in [1.82, 2.24) is 9.55 Å². The Balaban J connectivity index is 1.76. The van der Waals surface area contributed by atoms with E-state index >= 15 is 0 Å². The minimum Gasteiger partial charge on any atom is -0.294 e. The molecule has 3 nitrogen and oxygen atoms in total. The van der Waals surface area contributed by atoms with Crippen LogP contribution in [0.15, 0.2) is 59.0 Å². The highest BCUT2D eigenvalue weighted by atomic mass is 32.1. The van der Waals surface area contributed by atoms with Gasteiger partial charge in [0.15, 0.2) is 0 Å². The van der Waals surface area contributed by atoms with Gasteiger partial charge >= 0.3 is 0 Å². The topological polar surface area (TPSA) is 34.9 Å². The lowest BCUT2D eigenvalue weighted by Gasteiger charge is -2.09. The molecule has 4 aromatic rings. The Hall–Kier alpha value is -2.72. The van der Waals surface area contributed by atoms with Crippen molar-refractivity contribution in [3.05, 3.63) is 86.8 Å². The van der Waals surface area contributed by atoms with E-state index in [0.717, 1.165) is 26.9 Å². The van der Waals surface area contributed by atoms with E-state index in [1.165, 1.54) is 28.0 Å². The number of aromatic nitrogens is 2. The van der Waals surface area contributed by atoms with E-state index in [1.807, 2.05) is 5.38 Å². The van der Waals surface area contributed by atoms with Crippen LogP contribution in [0, 0.1) is 13.8 Å². The molecule has 0 atom stereocenters. The molecule has 0 aliphatic carbocycles. The second kappa shape index (κ2) is 7.36. The van der Waals surface area contributed by atoms with Crippen LogP contribution in [0.3, 0.4) is 0 Å². The van der Waals surface area contributed by atoms with Crippen LogP contribution in [0.4, 0.5) is 0 Å². The predicted molar refractivity (Wildman–Crippen MR) is 118 cm³/mol. The fourth-order valence-corrected chi connectivity index (χ4v) is 4.31. The minimum atomic E-state index is 0.0208. The van der Waals surface area contributed by atoms with Crippen LogP contribution in [0.5, 0.6) is 0 Å². The van der Waals surface area contributed by atoms with Crippen molar-refractivity contribution in [2.24, 2.45) is 0 Å². The van der Waals surface area contributed by atoms with Crippen LogP contribution < -0.4 is 5.56 Å². The largest absolute Gasteiger partial charge is 0.294 e. The number of nitrogens with zero attached hydrogens (tertiary/aromatic N) is 2. The van der Waals surface area contributed by atoms with Gasteiger partial charge < -0.3 is 0 Å². The summed E-state index contributed by atoms with van der Waals surface area (Å²) in [4.78, 5) is 18.6. The maximum Gasteiger partial charge on any atom is 0.263 e. The molecule has 2 aromatic heterocycles. The van der Waals surface area contributed by atoms with E-state index in [4.69, 9.17) is 0 Å². The summed E-state index contributed by atoms with van der Waals surface area (Å²) in [5.41, 5.74) is 6.97. The van der Waals surface area contributed by atoms with Crippen molar-refractivity contribution in [3.63, 3.8) is 0 Å². The molecular formula is C24H24N2OS. The first-order valence-electron chi connectivity index (χ1n) is 9.57. The Morgan fingerprint density at radius 1 is 1.04 bits per heavy atom. The van der Waals surface area contributed by atoms with Gasteiger partial charge in [0.25, 0.3) is 5.56 Å². The Labute approximate surface area is 169 Å². The third kappa shape index (κ3) is 3.40. The first-order chi connectivity index (χ1) is 13.4. The summed E-state index contributed by atoms with van der Waals surface area (Å²) in [5, 5.41) is 2.76. The summed E-state index contributed by atoms with van der Waals surface area (Å²) in [5.74, 6) is 0.501. The van der Waals surface area contributed by atoms with Gasteiger partial charge in [0.2, 0.25) is 0 Å². The number of rotatable bonds is 4. The molecular weight excluding hydrogens is 364 g/mol. The zero-order valence-electron chi connectivity index (χ0n) is 16.7. The molecule has 0 N–H and O–H groups in total. The van der Waals surface area contributed by atoms with E-state index in [-0.39, 0.29) is 5.56 Å². The Kier molecular flexibility index (Phi) is 4.90. The fraction of sp³-hybridized carbons (Fsp3) is 0.250. The van der Waals surface area contributed by atoms with Gasteiger partial charge in [-0.15, -0.1) is 11.3 Å². The van der Waals surface area contributed by atoms with E-state index < -0.39 is 0 Å². The van der Waals surface area contributed by atoms with Crippen molar-refractivity contribution < 1.29 is 0 Å². The zero-order chi connectivity index (χ0) is 19.8. The van der Waals surface area contributed by atoms with Gasteiger partial charge in [0.05, 0.1) is 18.3 Å². The van der Waals surface area contributed by atoms with Crippen LogP contribution in [0.25, 0.3) is 21.3 Å². The third-order valence-electron chi connectivity index (χ3n) is 5.38. The monoisotopic (exact) mass is 388 g/mol. The average molecular weight is 389 g/mol. The lowest BCUT2D eigenvalue weighted by atomic mass is 10.0. The van der Waals surface area contributed by atoms with Crippen LogP contribution in [-0.2, 0) is 6.54 Å². The smallest absolute Gasteiger partial charge is 0.263 e. The molecule has 0 amide bonds. The van der Waals surface area contributed by atoms with Gasteiger partial charge in [0.1, 0.15) is 4.83 Å². The van der Waals surface area contributed by atoms with Crippen molar-refractivity contribution >= 4 is 21.6 Å². The number of benzene rings is 2. The number of hydrogen-bond donors (Lipinski definition) is 0. The Morgan fingerprint density at radius 3 is 2.46 bits per heavy atom. The predicted octanol–water partition coefficient (Wildman–Crippen LogP) is 5.91. The highest BCUT2D eigenvalue weighted by Crippen LogP contribution is 2.31. The number of aryl methyl sites for hydroxylation is 2. The fourth-order valence-electron chi connectivity index (χ4n) is 3.41. The zero-order valence-corrected chi connectivity index (χ0v) is 17.5. The standard InChI is InChI=1S/C24H24N2OS/c1-15(2)19-9-6-18(7-10-19)12-26-14-25-23-22(24(26)27)21(13-28-23)20-8-5-16(3)17(4)11-20/h5-11,13-15H,12H2,1-4H3. The maximum absolute atomic E-state index is 13.2. The summed E-state index contributed by atoms with van der Waals surface area (Å²) in [6.07, 6.45) is 1.67. The van der Waals surface area contributed by atoms with E-state index in [9.17, 15) is 4.79 Å². The lowest BCUT2D eigenvalue weighted by molar-refractivity contribution is 0.748. The van der Waals surface area contributed by atoms with Crippen LogP contribution >= 0.6 is 11.3 Å². The second-order valence-electron chi connectivity index (χ2n) is 7.70. The second-order valence-corrected chi connectivity index (χ2v) is 8.56. The summed E-state index contributed by atoms with van der Waals surface area (Å²) in [6, 6.07) is 14.8. The van der Waals surface area contributed by atoms with E-state index in [1.54, 1.807) is 10.9 Å². The molecule has 0 saturated heterocycles. The quantitative estimate of drug-likeness (QED) is 0.435. The van der Waals surface area contributed by atoms with Crippen molar-refractivity contribution in [3.8, 4) is 11.1 Å². The summed E-state index contributed by atoms with van der Waals surface area (Å²) >= 11 is 1.53. The molecule has 142 valence electrons. The lowest BCUT2D eigenvalue weighted by Crippen LogP contribution is -2.21. The Morgan fingerprint density at radius 2 is 1.79 bits per heavy atom. The first kappa shape index (κ1) is 18.6. The SMILES string of the molecule is Cc1ccc(-c2csc3ncn(Cc4ccc(C(C)C)cc4)c(=O)c23)cc1C. The molecule has 0 fully saturated rings. The van der Waals surface area contributed by atoms with Gasteiger partial charge in [-0.25, -0.2) is 4.98 Å². The molecule has 0 bridgehead atoms. The molecule has 0 aliphatic heterocycles. The summed E-state index contributed by atoms with van der Waals surface area (Å²) < 4.78 is 1.71. The summed E-state index contributed by atoms with van der Waals surface area (Å²) in [7, 11) is 0. The van der Waals surface area contributed by atoms with Crippen molar-refractivity contribution in [2.45, 2.75) is 40.2 Å². The van der Waals surface area contributed by atoms with Gasteiger partial charge in [-0.05, 0) is 47.6 Å². The van der Waals surface area contributed by atoms with E-state index in [2.05, 4.69) is 75.1 Å². The third-order valence-corrected chi connectivity index (χ3v) is 6.26. The van der Waals surface area contributed by atoms with E-state index in [0.29, 0.717) is 12.5 Å². The maximum atomic E-state index is 13.2. The van der Waals surface area contributed by atoms with Crippen LogP contribution in [-0.4, -0.2) is 9.55 Å². The highest BCUT2D eigenvalue weighted by molar-refractivity contribution is 7.17. The first-order valence-corrected chi connectivity index (χ1v) is 10.4. The minimum absolute atomic E-state index is 0.0208. The molecule has 4 heteroatoms. The Bertz CT molecular complexity index is 1200. The normalized spacial score (nSPS) is 11.5. The highest BCUT2D eigenvalue weighted by Gasteiger charge is 2.14. The molecule has 4 rings (SSSR count). The van der Waals surface area contributed by atoms with Gasteiger partial charge in [-0.2, -0.15) is 0 Å². The van der Waals surface area contributed by atoms with Gasteiger partial charge in [-0.3, -0.25) is 9.36 Å². The molecule has 2 heterocycles. The number of thiophene rings is 1. The van der Waals surface area contributed by atoms with Crippen LogP contribution in [0.2, 0.25) is 0 Å². The average Bonchev–Trinajstić information content (AvgIpc) is 3.11. The molecule has 28 heavy (non-hydrogen) atoms. The number of hydrogen-bond acceptors (Lipinski definition) is 3. The van der Waals surface area contributed by atoms with Crippen molar-refractivity contribution in [1.29, 1.82) is 0 Å². The molecule has 0 saturated carbocycles. The van der Waals surface area contributed by atoms with Gasteiger partial charge in [0, 0.05) is 10.9 Å². The molecule has 0 aliphatic rings. The molecule has 0 spiro atoms. The molecule has 0 unspecified atom stereocenters.